The maximum Gasteiger partial charge on any atom is 0.314 e. The van der Waals surface area contributed by atoms with Gasteiger partial charge in [-0.1, -0.05) is 12.1 Å². The second-order valence-electron chi connectivity index (χ2n) is 4.46. The summed E-state index contributed by atoms with van der Waals surface area (Å²) in [5, 5.41) is 4.60. The molecule has 120 valence electrons. The first-order valence-electron chi connectivity index (χ1n) is 6.64. The number of ether oxygens (including phenoxy) is 2. The van der Waals surface area contributed by atoms with E-state index in [2.05, 4.69) is 10.6 Å². The Kier molecular flexibility index (Phi) is 5.14. The Morgan fingerprint density at radius 3 is 2.22 bits per heavy atom. The minimum atomic E-state index is -0.982. The number of carbonyl (C=O) groups excluding carboxylic acids is 2. The van der Waals surface area contributed by atoms with Crippen molar-refractivity contribution < 1.29 is 23.5 Å². The van der Waals surface area contributed by atoms with Gasteiger partial charge in [-0.15, -0.1) is 0 Å². The van der Waals surface area contributed by atoms with Crippen molar-refractivity contribution in [1.29, 1.82) is 0 Å². The summed E-state index contributed by atoms with van der Waals surface area (Å²) in [6.07, 6.45) is 0. The lowest BCUT2D eigenvalue weighted by atomic mass is 10.2. The smallest absolute Gasteiger partial charge is 0.314 e. The molecule has 6 nitrogen and oxygen atoms in total. The Morgan fingerprint density at radius 2 is 1.57 bits per heavy atom. The van der Waals surface area contributed by atoms with Gasteiger partial charge in [-0.25, -0.2) is 4.39 Å². The molecule has 2 N–H and O–H groups in total. The second-order valence-corrected chi connectivity index (χ2v) is 4.46. The van der Waals surface area contributed by atoms with Crippen molar-refractivity contribution in [1.82, 2.24) is 0 Å². The fourth-order valence-electron chi connectivity index (χ4n) is 1.84. The summed E-state index contributed by atoms with van der Waals surface area (Å²) in [6, 6.07) is 10.2. The molecular formula is C16H15FN2O4. The van der Waals surface area contributed by atoms with Crippen LogP contribution in [-0.4, -0.2) is 26.0 Å². The number of halogens is 1. The molecule has 0 aliphatic rings. The summed E-state index contributed by atoms with van der Waals surface area (Å²) < 4.78 is 23.6. The Balaban J connectivity index is 2.07. The fourth-order valence-corrected chi connectivity index (χ4v) is 1.84. The summed E-state index contributed by atoms with van der Waals surface area (Å²) in [4.78, 5) is 23.7. The van der Waals surface area contributed by atoms with Gasteiger partial charge in [0.05, 0.1) is 19.9 Å². The van der Waals surface area contributed by atoms with Gasteiger partial charge >= 0.3 is 11.8 Å². The molecule has 0 spiro atoms. The molecule has 0 radical (unpaired) electrons. The third kappa shape index (κ3) is 3.97. The van der Waals surface area contributed by atoms with Crippen molar-refractivity contribution in [3.63, 3.8) is 0 Å². The average Bonchev–Trinajstić information content (AvgIpc) is 2.56. The quantitative estimate of drug-likeness (QED) is 0.849. The number of hydrogen-bond acceptors (Lipinski definition) is 4. The molecule has 0 unspecified atom stereocenters. The summed E-state index contributed by atoms with van der Waals surface area (Å²) in [6.45, 7) is 0. The van der Waals surface area contributed by atoms with Gasteiger partial charge in [-0.2, -0.15) is 0 Å². The highest BCUT2D eigenvalue weighted by molar-refractivity contribution is 6.43. The lowest BCUT2D eigenvalue weighted by molar-refractivity contribution is -0.133. The predicted molar refractivity (Wildman–Crippen MR) is 83.2 cm³/mol. The van der Waals surface area contributed by atoms with Crippen LogP contribution in [0.4, 0.5) is 15.8 Å². The number of carbonyl (C=O) groups is 2. The van der Waals surface area contributed by atoms with Crippen LogP contribution in [0.5, 0.6) is 11.5 Å². The minimum Gasteiger partial charge on any atom is -0.493 e. The number of nitrogens with one attached hydrogen (secondary N) is 2. The van der Waals surface area contributed by atoms with E-state index in [1.807, 2.05) is 0 Å². The average molecular weight is 318 g/mol. The van der Waals surface area contributed by atoms with Crippen LogP contribution in [0.25, 0.3) is 0 Å². The lowest BCUT2D eigenvalue weighted by Crippen LogP contribution is -2.29. The summed E-state index contributed by atoms with van der Waals surface area (Å²) >= 11 is 0. The molecular weight excluding hydrogens is 303 g/mol. The van der Waals surface area contributed by atoms with Crippen molar-refractivity contribution in [3.8, 4) is 11.5 Å². The van der Waals surface area contributed by atoms with Crippen LogP contribution in [0, 0.1) is 5.82 Å². The molecule has 0 aliphatic heterocycles. The largest absolute Gasteiger partial charge is 0.493 e. The minimum absolute atomic E-state index is 0.0695. The first-order chi connectivity index (χ1) is 11.0. The Labute approximate surface area is 132 Å². The van der Waals surface area contributed by atoms with E-state index in [1.54, 1.807) is 18.2 Å². The number of rotatable bonds is 4. The molecule has 2 aromatic carbocycles. The van der Waals surface area contributed by atoms with Gasteiger partial charge in [0, 0.05) is 11.8 Å². The maximum absolute atomic E-state index is 13.4. The number of methoxy groups -OCH3 is 2. The first kappa shape index (κ1) is 16.3. The van der Waals surface area contributed by atoms with Gasteiger partial charge < -0.3 is 20.1 Å². The number of amides is 2. The number of hydrogen-bond donors (Lipinski definition) is 2. The fraction of sp³-hybridized carbons (Fsp3) is 0.125. The third-order valence-electron chi connectivity index (χ3n) is 2.97. The van der Waals surface area contributed by atoms with Gasteiger partial charge in [-0.05, 0) is 24.3 Å². The Bertz CT molecular complexity index is 734. The van der Waals surface area contributed by atoms with E-state index in [0.29, 0.717) is 17.2 Å². The van der Waals surface area contributed by atoms with E-state index >= 15 is 0 Å². The van der Waals surface area contributed by atoms with Crippen LogP contribution in [0.1, 0.15) is 0 Å². The normalized spacial score (nSPS) is 9.87. The van der Waals surface area contributed by atoms with Crippen LogP contribution >= 0.6 is 0 Å². The molecule has 2 amide bonds. The molecule has 0 saturated carbocycles. The van der Waals surface area contributed by atoms with E-state index in [4.69, 9.17) is 9.47 Å². The first-order valence-corrected chi connectivity index (χ1v) is 6.64. The van der Waals surface area contributed by atoms with Crippen molar-refractivity contribution in [3.05, 3.63) is 48.3 Å². The zero-order valence-corrected chi connectivity index (χ0v) is 12.6. The van der Waals surface area contributed by atoms with E-state index in [-0.39, 0.29) is 5.69 Å². The molecule has 0 aliphatic carbocycles. The molecule has 0 heterocycles. The highest BCUT2D eigenvalue weighted by Gasteiger charge is 2.16. The number of anilines is 2. The molecule has 0 fully saturated rings. The second kappa shape index (κ2) is 7.26. The van der Waals surface area contributed by atoms with Crippen molar-refractivity contribution >= 4 is 23.2 Å². The van der Waals surface area contributed by atoms with Crippen molar-refractivity contribution in [2.45, 2.75) is 0 Å². The Morgan fingerprint density at radius 1 is 0.913 bits per heavy atom. The third-order valence-corrected chi connectivity index (χ3v) is 2.97. The lowest BCUT2D eigenvalue weighted by Gasteiger charge is -2.10. The molecule has 7 heteroatoms. The topological polar surface area (TPSA) is 76.7 Å². The number of benzene rings is 2. The highest BCUT2D eigenvalue weighted by atomic mass is 19.1. The standard InChI is InChI=1S/C16H15FN2O4/c1-22-13-8-7-10(9-14(13)23-2)18-15(20)16(21)19-12-6-4-3-5-11(12)17/h3-9H,1-2H3,(H,18,20)(H,19,21). The molecule has 2 aromatic rings. The van der Waals surface area contributed by atoms with Gasteiger partial charge in [-0.3, -0.25) is 9.59 Å². The van der Waals surface area contributed by atoms with Crippen molar-refractivity contribution in [2.24, 2.45) is 0 Å². The van der Waals surface area contributed by atoms with Crippen LogP contribution in [0.2, 0.25) is 0 Å². The van der Waals surface area contributed by atoms with E-state index in [1.165, 1.54) is 38.5 Å². The molecule has 0 saturated heterocycles. The van der Waals surface area contributed by atoms with E-state index in [0.717, 1.165) is 0 Å². The predicted octanol–water partition coefficient (Wildman–Crippen LogP) is 2.42. The van der Waals surface area contributed by atoms with Crippen LogP contribution in [0.15, 0.2) is 42.5 Å². The molecule has 0 bridgehead atoms. The number of para-hydroxylation sites is 1. The van der Waals surface area contributed by atoms with Crippen LogP contribution in [0.3, 0.4) is 0 Å². The van der Waals surface area contributed by atoms with Crippen LogP contribution in [-0.2, 0) is 9.59 Å². The summed E-state index contributed by atoms with van der Waals surface area (Å²) in [5.74, 6) is -1.65. The maximum atomic E-state index is 13.4. The van der Waals surface area contributed by atoms with Gasteiger partial charge in [0.2, 0.25) is 0 Å². The monoisotopic (exact) mass is 318 g/mol. The molecule has 23 heavy (non-hydrogen) atoms. The van der Waals surface area contributed by atoms with Gasteiger partial charge in [0.25, 0.3) is 0 Å². The van der Waals surface area contributed by atoms with Gasteiger partial charge in [0.15, 0.2) is 11.5 Å². The van der Waals surface area contributed by atoms with E-state index < -0.39 is 17.6 Å². The van der Waals surface area contributed by atoms with E-state index in [9.17, 15) is 14.0 Å². The summed E-state index contributed by atoms with van der Waals surface area (Å²) in [5.41, 5.74) is 0.274. The molecule has 0 aromatic heterocycles. The zero-order valence-electron chi connectivity index (χ0n) is 12.6. The molecule has 0 atom stereocenters. The van der Waals surface area contributed by atoms with Crippen molar-refractivity contribution in [2.75, 3.05) is 24.9 Å². The summed E-state index contributed by atoms with van der Waals surface area (Å²) in [7, 11) is 2.94. The SMILES string of the molecule is COc1ccc(NC(=O)C(=O)Nc2ccccc2F)cc1OC. The van der Waals surface area contributed by atoms with Gasteiger partial charge in [0.1, 0.15) is 5.82 Å². The molecule has 2 rings (SSSR count). The Hall–Kier alpha value is -3.09. The zero-order chi connectivity index (χ0) is 16.8. The highest BCUT2D eigenvalue weighted by Crippen LogP contribution is 2.29. The van der Waals surface area contributed by atoms with Crippen LogP contribution < -0.4 is 20.1 Å².